The summed E-state index contributed by atoms with van der Waals surface area (Å²) in [5.41, 5.74) is 0.555. The van der Waals surface area contributed by atoms with Gasteiger partial charge in [0, 0.05) is 18.3 Å². The maximum Gasteiger partial charge on any atom is 0.339 e. The zero-order valence-electron chi connectivity index (χ0n) is 12.2. The van der Waals surface area contributed by atoms with Gasteiger partial charge in [0.2, 0.25) is 0 Å². The van der Waals surface area contributed by atoms with E-state index in [1.54, 1.807) is 0 Å². The molecule has 1 fully saturated rings. The topological polar surface area (TPSA) is 87.7 Å². The van der Waals surface area contributed by atoms with E-state index in [-0.39, 0.29) is 17.3 Å². The first-order chi connectivity index (χ1) is 10.0. The Labute approximate surface area is 123 Å². The summed E-state index contributed by atoms with van der Waals surface area (Å²) >= 11 is 0. The standard InChI is InChI=1S/C15H20N2O4/c1-9(10-3-4-10)8-16-15(20)17-11-5-6-12(14(18)19)13(7-11)21-2/h5-7,9-10H,3-4,8H2,1-2H3,(H,18,19)(H2,16,17,20). The second-order valence-electron chi connectivity index (χ2n) is 5.37. The van der Waals surface area contributed by atoms with Gasteiger partial charge in [0.1, 0.15) is 11.3 Å². The van der Waals surface area contributed by atoms with Gasteiger partial charge >= 0.3 is 12.0 Å². The molecule has 6 heteroatoms. The molecule has 1 aliphatic carbocycles. The summed E-state index contributed by atoms with van der Waals surface area (Å²) < 4.78 is 5.01. The summed E-state index contributed by atoms with van der Waals surface area (Å²) in [5.74, 6) is 0.368. The van der Waals surface area contributed by atoms with Gasteiger partial charge in [-0.1, -0.05) is 6.92 Å². The number of aromatic carboxylic acids is 1. The second kappa shape index (κ2) is 6.47. The molecule has 0 aliphatic heterocycles. The van der Waals surface area contributed by atoms with Crippen molar-refractivity contribution in [1.82, 2.24) is 5.32 Å². The molecule has 2 amide bonds. The van der Waals surface area contributed by atoms with E-state index in [0.717, 1.165) is 5.92 Å². The summed E-state index contributed by atoms with van der Waals surface area (Å²) in [6, 6.07) is 4.14. The molecule has 1 aromatic carbocycles. The minimum absolute atomic E-state index is 0.0609. The number of benzene rings is 1. The molecule has 0 bridgehead atoms. The largest absolute Gasteiger partial charge is 0.496 e. The normalized spacial score (nSPS) is 15.1. The van der Waals surface area contributed by atoms with Gasteiger partial charge in [-0.15, -0.1) is 0 Å². The van der Waals surface area contributed by atoms with Gasteiger partial charge in [-0.3, -0.25) is 0 Å². The highest BCUT2D eigenvalue weighted by atomic mass is 16.5. The van der Waals surface area contributed by atoms with E-state index >= 15 is 0 Å². The quantitative estimate of drug-likeness (QED) is 0.752. The number of carbonyl (C=O) groups is 2. The number of carbonyl (C=O) groups excluding carboxylic acids is 1. The summed E-state index contributed by atoms with van der Waals surface area (Å²) in [5, 5.41) is 14.5. The Kier molecular flexibility index (Phi) is 4.67. The van der Waals surface area contributed by atoms with Crippen LogP contribution in [-0.2, 0) is 0 Å². The van der Waals surface area contributed by atoms with Crippen molar-refractivity contribution in [3.05, 3.63) is 23.8 Å². The molecule has 2 rings (SSSR count). The molecular formula is C15H20N2O4. The highest BCUT2D eigenvalue weighted by Crippen LogP contribution is 2.36. The lowest BCUT2D eigenvalue weighted by molar-refractivity contribution is 0.0693. The Morgan fingerprint density at radius 2 is 2.14 bits per heavy atom. The molecular weight excluding hydrogens is 272 g/mol. The first kappa shape index (κ1) is 15.2. The van der Waals surface area contributed by atoms with E-state index in [9.17, 15) is 9.59 Å². The molecule has 1 unspecified atom stereocenters. The molecule has 0 saturated heterocycles. The lowest BCUT2D eigenvalue weighted by Gasteiger charge is -2.13. The lowest BCUT2D eigenvalue weighted by atomic mass is 10.1. The maximum atomic E-state index is 11.8. The third kappa shape index (κ3) is 4.11. The molecule has 0 heterocycles. The van der Waals surface area contributed by atoms with Crippen molar-refractivity contribution in [1.29, 1.82) is 0 Å². The summed E-state index contributed by atoms with van der Waals surface area (Å²) in [6.07, 6.45) is 2.50. The molecule has 114 valence electrons. The Balaban J connectivity index is 1.92. The van der Waals surface area contributed by atoms with Crippen molar-refractivity contribution >= 4 is 17.7 Å². The van der Waals surface area contributed by atoms with Crippen LogP contribution in [0.2, 0.25) is 0 Å². The third-order valence-corrected chi connectivity index (χ3v) is 3.70. The van der Waals surface area contributed by atoms with Crippen LogP contribution in [0.15, 0.2) is 18.2 Å². The van der Waals surface area contributed by atoms with Gasteiger partial charge in [-0.25, -0.2) is 9.59 Å². The number of hydrogen-bond acceptors (Lipinski definition) is 3. The van der Waals surface area contributed by atoms with E-state index in [4.69, 9.17) is 9.84 Å². The second-order valence-corrected chi connectivity index (χ2v) is 5.37. The number of urea groups is 1. The predicted molar refractivity (Wildman–Crippen MR) is 78.9 cm³/mol. The average molecular weight is 292 g/mol. The Bertz CT molecular complexity index is 540. The van der Waals surface area contributed by atoms with E-state index in [1.807, 2.05) is 0 Å². The average Bonchev–Trinajstić information content (AvgIpc) is 3.28. The van der Waals surface area contributed by atoms with Crippen molar-refractivity contribution in [3.8, 4) is 5.75 Å². The molecule has 1 saturated carbocycles. The van der Waals surface area contributed by atoms with Crippen LogP contribution in [0.25, 0.3) is 0 Å². The molecule has 6 nitrogen and oxygen atoms in total. The summed E-state index contributed by atoms with van der Waals surface area (Å²) in [4.78, 5) is 22.8. The van der Waals surface area contributed by atoms with Crippen LogP contribution < -0.4 is 15.4 Å². The van der Waals surface area contributed by atoms with E-state index in [1.165, 1.54) is 38.2 Å². The molecule has 0 aromatic heterocycles. The third-order valence-electron chi connectivity index (χ3n) is 3.70. The fourth-order valence-electron chi connectivity index (χ4n) is 2.21. The van der Waals surface area contributed by atoms with Crippen LogP contribution in [0.3, 0.4) is 0 Å². The zero-order valence-corrected chi connectivity index (χ0v) is 12.2. The number of hydrogen-bond donors (Lipinski definition) is 3. The number of methoxy groups -OCH3 is 1. The Morgan fingerprint density at radius 3 is 2.71 bits per heavy atom. The van der Waals surface area contributed by atoms with Crippen molar-refractivity contribution < 1.29 is 19.4 Å². The van der Waals surface area contributed by atoms with Crippen LogP contribution in [0.4, 0.5) is 10.5 Å². The SMILES string of the molecule is COc1cc(NC(=O)NCC(C)C2CC2)ccc1C(=O)O. The number of anilines is 1. The first-order valence-electron chi connectivity index (χ1n) is 6.97. The predicted octanol–water partition coefficient (Wildman–Crippen LogP) is 2.56. The van der Waals surface area contributed by atoms with Gasteiger partial charge in [0.15, 0.2) is 0 Å². The van der Waals surface area contributed by atoms with Crippen LogP contribution in [0.5, 0.6) is 5.75 Å². The maximum absolute atomic E-state index is 11.8. The molecule has 0 spiro atoms. The van der Waals surface area contributed by atoms with E-state index in [0.29, 0.717) is 18.2 Å². The van der Waals surface area contributed by atoms with Crippen molar-refractivity contribution in [3.63, 3.8) is 0 Å². The van der Waals surface area contributed by atoms with Crippen LogP contribution in [0, 0.1) is 11.8 Å². The molecule has 21 heavy (non-hydrogen) atoms. The van der Waals surface area contributed by atoms with Gasteiger partial charge < -0.3 is 20.5 Å². The van der Waals surface area contributed by atoms with Crippen molar-refractivity contribution in [2.45, 2.75) is 19.8 Å². The lowest BCUT2D eigenvalue weighted by Crippen LogP contribution is -2.32. The summed E-state index contributed by atoms with van der Waals surface area (Å²) in [7, 11) is 1.39. The van der Waals surface area contributed by atoms with Gasteiger partial charge in [0.25, 0.3) is 0 Å². The molecule has 0 radical (unpaired) electrons. The number of nitrogens with one attached hydrogen (secondary N) is 2. The molecule has 1 aromatic rings. The highest BCUT2D eigenvalue weighted by Gasteiger charge is 2.27. The van der Waals surface area contributed by atoms with Crippen LogP contribution in [0.1, 0.15) is 30.1 Å². The number of rotatable bonds is 6. The van der Waals surface area contributed by atoms with Crippen LogP contribution >= 0.6 is 0 Å². The fraction of sp³-hybridized carbons (Fsp3) is 0.467. The zero-order chi connectivity index (χ0) is 15.4. The van der Waals surface area contributed by atoms with E-state index in [2.05, 4.69) is 17.6 Å². The number of ether oxygens (including phenoxy) is 1. The molecule has 1 atom stereocenters. The monoisotopic (exact) mass is 292 g/mol. The fourth-order valence-corrected chi connectivity index (χ4v) is 2.21. The molecule has 1 aliphatic rings. The number of amides is 2. The Hall–Kier alpha value is -2.24. The van der Waals surface area contributed by atoms with Crippen molar-refractivity contribution in [2.24, 2.45) is 11.8 Å². The molecule has 3 N–H and O–H groups in total. The Morgan fingerprint density at radius 1 is 1.43 bits per heavy atom. The van der Waals surface area contributed by atoms with Crippen LogP contribution in [-0.4, -0.2) is 30.8 Å². The number of carboxylic acid groups (broad SMARTS) is 1. The van der Waals surface area contributed by atoms with Crippen molar-refractivity contribution in [2.75, 3.05) is 19.0 Å². The smallest absolute Gasteiger partial charge is 0.339 e. The number of carboxylic acids is 1. The van der Waals surface area contributed by atoms with Gasteiger partial charge in [-0.05, 0) is 36.8 Å². The first-order valence-corrected chi connectivity index (χ1v) is 6.97. The summed E-state index contributed by atoms with van der Waals surface area (Å²) in [6.45, 7) is 2.77. The van der Waals surface area contributed by atoms with Gasteiger partial charge in [-0.2, -0.15) is 0 Å². The van der Waals surface area contributed by atoms with E-state index < -0.39 is 5.97 Å². The highest BCUT2D eigenvalue weighted by molar-refractivity contribution is 5.94. The minimum atomic E-state index is -1.07. The van der Waals surface area contributed by atoms with Gasteiger partial charge in [0.05, 0.1) is 7.11 Å². The minimum Gasteiger partial charge on any atom is -0.496 e.